The van der Waals surface area contributed by atoms with E-state index in [2.05, 4.69) is 41.2 Å². The molecule has 3 unspecified atom stereocenters. The minimum Gasteiger partial charge on any atom is -0.325 e. The number of benzene rings is 1. The first-order chi connectivity index (χ1) is 10.1. The van der Waals surface area contributed by atoms with Crippen LogP contribution in [0.25, 0.3) is 0 Å². The predicted molar refractivity (Wildman–Crippen MR) is 83.8 cm³/mol. The summed E-state index contributed by atoms with van der Waals surface area (Å²) in [7, 11) is 2.16. The number of hydrogen-bond acceptors (Lipinski definition) is 3. The summed E-state index contributed by atoms with van der Waals surface area (Å²) in [5, 5.41) is 3.40. The van der Waals surface area contributed by atoms with Crippen molar-refractivity contribution in [3.05, 3.63) is 35.9 Å². The van der Waals surface area contributed by atoms with Crippen LogP contribution in [0.15, 0.2) is 30.3 Å². The summed E-state index contributed by atoms with van der Waals surface area (Å²) in [5.74, 6) is 0.824. The molecule has 2 aliphatic heterocycles. The van der Waals surface area contributed by atoms with Crippen molar-refractivity contribution in [3.63, 3.8) is 0 Å². The lowest BCUT2D eigenvalue weighted by atomic mass is 9.92. The Kier molecular flexibility index (Phi) is 4.27. The van der Waals surface area contributed by atoms with Crippen LogP contribution in [0.3, 0.4) is 0 Å². The number of rotatable bonds is 3. The van der Waals surface area contributed by atoms with E-state index in [0.717, 1.165) is 25.9 Å². The molecular weight excluding hydrogens is 262 g/mol. The third kappa shape index (κ3) is 3.11. The highest BCUT2D eigenvalue weighted by Gasteiger charge is 2.38. The number of nitrogens with zero attached hydrogens (tertiary/aromatic N) is 2. The van der Waals surface area contributed by atoms with Crippen molar-refractivity contribution in [3.8, 4) is 0 Å². The maximum atomic E-state index is 12.7. The van der Waals surface area contributed by atoms with Crippen LogP contribution < -0.4 is 5.32 Å². The second-order valence-electron chi connectivity index (χ2n) is 6.51. The van der Waals surface area contributed by atoms with Gasteiger partial charge in [-0.25, -0.2) is 0 Å². The fraction of sp³-hybridized carbons (Fsp3) is 0.588. The van der Waals surface area contributed by atoms with E-state index in [9.17, 15) is 4.79 Å². The first kappa shape index (κ1) is 14.5. The lowest BCUT2D eigenvalue weighted by Gasteiger charge is -2.39. The lowest BCUT2D eigenvalue weighted by molar-refractivity contribution is -0.132. The molecule has 1 N–H and O–H groups in total. The Labute approximate surface area is 127 Å². The van der Waals surface area contributed by atoms with E-state index in [-0.39, 0.29) is 11.9 Å². The fourth-order valence-electron chi connectivity index (χ4n) is 3.67. The van der Waals surface area contributed by atoms with Crippen LogP contribution in [0.5, 0.6) is 0 Å². The molecule has 0 aromatic heterocycles. The number of hydrogen-bond donors (Lipinski definition) is 1. The summed E-state index contributed by atoms with van der Waals surface area (Å²) >= 11 is 0. The Bertz CT molecular complexity index is 490. The molecule has 0 aliphatic carbocycles. The molecule has 2 aliphatic rings. The Morgan fingerprint density at radius 1 is 1.29 bits per heavy atom. The van der Waals surface area contributed by atoms with Crippen LogP contribution in [0.4, 0.5) is 0 Å². The number of likely N-dealkylation sites (tertiary alicyclic amines) is 1. The molecule has 21 heavy (non-hydrogen) atoms. The standard InChI is InChI=1S/C17H25N3O/c1-13-11-19(2)9-8-16(13)20-12-18-15(17(20)21)10-14-6-4-3-5-7-14/h3-7,13,15-16,18H,8-12H2,1-2H3. The molecule has 3 atom stereocenters. The van der Waals surface area contributed by atoms with Gasteiger partial charge in [0.1, 0.15) is 0 Å². The van der Waals surface area contributed by atoms with Gasteiger partial charge in [-0.2, -0.15) is 0 Å². The maximum Gasteiger partial charge on any atom is 0.241 e. The summed E-state index contributed by atoms with van der Waals surface area (Å²) in [4.78, 5) is 17.1. The highest BCUT2D eigenvalue weighted by molar-refractivity contribution is 5.84. The second kappa shape index (κ2) is 6.16. The third-order valence-electron chi connectivity index (χ3n) is 4.84. The minimum atomic E-state index is -0.0562. The Balaban J connectivity index is 1.63. The zero-order valence-electron chi connectivity index (χ0n) is 13.0. The van der Waals surface area contributed by atoms with E-state index in [1.165, 1.54) is 5.56 Å². The molecule has 2 heterocycles. The average Bonchev–Trinajstić information content (AvgIpc) is 2.82. The molecule has 0 bridgehead atoms. The van der Waals surface area contributed by atoms with E-state index in [4.69, 9.17) is 0 Å². The third-order valence-corrected chi connectivity index (χ3v) is 4.84. The normalized spacial score (nSPS) is 30.9. The van der Waals surface area contributed by atoms with Crippen LogP contribution in [0.1, 0.15) is 18.9 Å². The van der Waals surface area contributed by atoms with Crippen molar-refractivity contribution in [2.24, 2.45) is 5.92 Å². The van der Waals surface area contributed by atoms with E-state index in [1.54, 1.807) is 0 Å². The van der Waals surface area contributed by atoms with Gasteiger partial charge in [-0.15, -0.1) is 0 Å². The fourth-order valence-corrected chi connectivity index (χ4v) is 3.67. The summed E-state index contributed by atoms with van der Waals surface area (Å²) in [6, 6.07) is 10.6. The number of carbonyl (C=O) groups excluding carboxylic acids is 1. The molecule has 4 heteroatoms. The van der Waals surface area contributed by atoms with Crippen molar-refractivity contribution >= 4 is 5.91 Å². The molecule has 0 saturated carbocycles. The highest BCUT2D eigenvalue weighted by Crippen LogP contribution is 2.24. The van der Waals surface area contributed by atoms with Gasteiger partial charge in [-0.05, 0) is 37.9 Å². The van der Waals surface area contributed by atoms with Gasteiger partial charge >= 0.3 is 0 Å². The summed E-state index contributed by atoms with van der Waals surface area (Å²) in [6.07, 6.45) is 1.88. The monoisotopic (exact) mass is 287 g/mol. The van der Waals surface area contributed by atoms with E-state index in [1.807, 2.05) is 18.2 Å². The van der Waals surface area contributed by atoms with Gasteiger partial charge in [-0.1, -0.05) is 37.3 Å². The van der Waals surface area contributed by atoms with E-state index < -0.39 is 0 Å². The summed E-state index contributed by atoms with van der Waals surface area (Å²) in [6.45, 7) is 5.13. The zero-order chi connectivity index (χ0) is 14.8. The molecule has 1 amide bonds. The molecule has 2 saturated heterocycles. The molecule has 1 aromatic rings. The van der Waals surface area contributed by atoms with Crippen molar-refractivity contribution in [2.45, 2.75) is 31.8 Å². The van der Waals surface area contributed by atoms with Crippen molar-refractivity contribution in [2.75, 3.05) is 26.8 Å². The first-order valence-electron chi connectivity index (χ1n) is 7.91. The smallest absolute Gasteiger partial charge is 0.241 e. The van der Waals surface area contributed by atoms with Crippen molar-refractivity contribution in [1.82, 2.24) is 15.1 Å². The Hall–Kier alpha value is -1.39. The van der Waals surface area contributed by atoms with Crippen LogP contribution in [-0.2, 0) is 11.2 Å². The average molecular weight is 287 g/mol. The molecule has 0 radical (unpaired) electrons. The quantitative estimate of drug-likeness (QED) is 0.911. The van der Waals surface area contributed by atoms with Crippen molar-refractivity contribution in [1.29, 1.82) is 0 Å². The highest BCUT2D eigenvalue weighted by atomic mass is 16.2. The van der Waals surface area contributed by atoms with Crippen LogP contribution in [0.2, 0.25) is 0 Å². The Morgan fingerprint density at radius 3 is 2.76 bits per heavy atom. The number of amides is 1. The first-order valence-corrected chi connectivity index (χ1v) is 7.91. The largest absolute Gasteiger partial charge is 0.325 e. The van der Waals surface area contributed by atoms with Gasteiger partial charge in [0.25, 0.3) is 0 Å². The van der Waals surface area contributed by atoms with E-state index >= 15 is 0 Å². The van der Waals surface area contributed by atoms with Crippen LogP contribution in [0, 0.1) is 5.92 Å². The van der Waals surface area contributed by atoms with Gasteiger partial charge in [0.15, 0.2) is 0 Å². The van der Waals surface area contributed by atoms with Gasteiger partial charge in [0.05, 0.1) is 12.7 Å². The second-order valence-corrected chi connectivity index (χ2v) is 6.51. The van der Waals surface area contributed by atoms with Crippen LogP contribution in [-0.4, -0.2) is 54.6 Å². The molecule has 4 nitrogen and oxygen atoms in total. The van der Waals surface area contributed by atoms with Gasteiger partial charge in [0.2, 0.25) is 5.91 Å². The molecule has 2 fully saturated rings. The number of piperidine rings is 1. The molecule has 1 aromatic carbocycles. The van der Waals surface area contributed by atoms with Gasteiger partial charge < -0.3 is 9.80 Å². The van der Waals surface area contributed by atoms with Crippen molar-refractivity contribution < 1.29 is 4.79 Å². The molecular formula is C17H25N3O. The topological polar surface area (TPSA) is 35.6 Å². The minimum absolute atomic E-state index is 0.0562. The summed E-state index contributed by atoms with van der Waals surface area (Å²) in [5.41, 5.74) is 1.22. The number of nitrogens with one attached hydrogen (secondary N) is 1. The SMILES string of the molecule is CC1CN(C)CCC1N1CNC(Cc2ccccc2)C1=O. The Morgan fingerprint density at radius 2 is 2.05 bits per heavy atom. The van der Waals surface area contributed by atoms with E-state index in [0.29, 0.717) is 18.6 Å². The maximum absolute atomic E-state index is 12.7. The summed E-state index contributed by atoms with van der Waals surface area (Å²) < 4.78 is 0. The molecule has 3 rings (SSSR count). The zero-order valence-corrected chi connectivity index (χ0v) is 13.0. The van der Waals surface area contributed by atoms with Crippen LogP contribution >= 0.6 is 0 Å². The number of carbonyl (C=O) groups is 1. The predicted octanol–water partition coefficient (Wildman–Crippen LogP) is 1.33. The lowest BCUT2D eigenvalue weighted by Crippen LogP contribution is -2.50. The molecule has 114 valence electrons. The van der Waals surface area contributed by atoms with Gasteiger partial charge in [-0.3, -0.25) is 10.1 Å². The molecule has 0 spiro atoms. The van der Waals surface area contributed by atoms with Gasteiger partial charge in [0, 0.05) is 12.6 Å².